The fraction of sp³-hybridized carbons (Fsp3) is 0.680. The topological polar surface area (TPSA) is 65.1 Å². The van der Waals surface area contributed by atoms with Crippen LogP contribution in [0.5, 0.6) is 0 Å². The zero-order chi connectivity index (χ0) is 23.1. The largest absolute Gasteiger partial charge is 0.383 e. The van der Waals surface area contributed by atoms with Gasteiger partial charge >= 0.3 is 0 Å². The van der Waals surface area contributed by atoms with Crippen molar-refractivity contribution in [2.24, 2.45) is 0 Å². The summed E-state index contributed by atoms with van der Waals surface area (Å²) in [4.78, 5) is 31.6. The number of methoxy groups -OCH3 is 1. The van der Waals surface area contributed by atoms with Crippen molar-refractivity contribution in [3.63, 3.8) is 0 Å². The summed E-state index contributed by atoms with van der Waals surface area (Å²) in [7, 11) is 1.62. The van der Waals surface area contributed by atoms with E-state index in [1.807, 2.05) is 0 Å². The number of nitrogens with one attached hydrogen (secondary N) is 1. The first-order valence-electron chi connectivity index (χ1n) is 11.9. The molecule has 3 rings (SSSR count). The molecule has 0 bridgehead atoms. The van der Waals surface area contributed by atoms with Gasteiger partial charge in [-0.05, 0) is 29.4 Å². The Labute approximate surface area is 193 Å². The molecule has 178 valence electrons. The number of benzene rings is 1. The van der Waals surface area contributed by atoms with Crippen LogP contribution in [0.1, 0.15) is 50.8 Å². The Morgan fingerprint density at radius 3 is 2.22 bits per heavy atom. The maximum absolute atomic E-state index is 13.1. The highest BCUT2D eigenvalue weighted by atomic mass is 16.5. The Hall–Kier alpha value is -1.96. The Morgan fingerprint density at radius 1 is 1.00 bits per heavy atom. The summed E-state index contributed by atoms with van der Waals surface area (Å²) in [5.74, 6) is 0.252. The molecule has 1 N–H and O–H groups in total. The molecule has 7 heteroatoms. The van der Waals surface area contributed by atoms with Gasteiger partial charge in [0.25, 0.3) is 0 Å². The summed E-state index contributed by atoms with van der Waals surface area (Å²) in [5, 5.41) is 2.86. The summed E-state index contributed by atoms with van der Waals surface area (Å²) in [6, 6.07) is 9.01. The lowest BCUT2D eigenvalue weighted by Crippen LogP contribution is -2.52. The van der Waals surface area contributed by atoms with E-state index in [1.165, 1.54) is 11.1 Å². The third-order valence-electron chi connectivity index (χ3n) is 6.55. The summed E-state index contributed by atoms with van der Waals surface area (Å²) in [6.07, 6.45) is 2.09. The Bertz CT molecular complexity index is 751. The number of carbonyl (C=O) groups is 2. The van der Waals surface area contributed by atoms with Crippen molar-refractivity contribution in [3.8, 4) is 0 Å². The minimum atomic E-state index is 0.0314. The van der Waals surface area contributed by atoms with Gasteiger partial charge in [0.05, 0.1) is 25.7 Å². The number of ether oxygens (including phenoxy) is 1. The van der Waals surface area contributed by atoms with Gasteiger partial charge < -0.3 is 15.0 Å². The van der Waals surface area contributed by atoms with Gasteiger partial charge in [0, 0.05) is 46.4 Å². The fourth-order valence-corrected chi connectivity index (χ4v) is 4.56. The van der Waals surface area contributed by atoms with Gasteiger partial charge in [-0.3, -0.25) is 19.4 Å². The van der Waals surface area contributed by atoms with Crippen LogP contribution < -0.4 is 5.32 Å². The van der Waals surface area contributed by atoms with Crippen LogP contribution in [0.2, 0.25) is 0 Å². The molecular formula is C25H40N4O3. The molecular weight excluding hydrogens is 404 g/mol. The van der Waals surface area contributed by atoms with Crippen molar-refractivity contribution in [3.05, 3.63) is 35.4 Å². The molecule has 2 aliphatic heterocycles. The molecule has 0 aromatic heterocycles. The number of piperazine rings is 1. The lowest BCUT2D eigenvalue weighted by atomic mass is 9.86. The summed E-state index contributed by atoms with van der Waals surface area (Å²) in [5.41, 5.74) is 2.70. The van der Waals surface area contributed by atoms with E-state index in [-0.39, 0.29) is 23.3 Å². The van der Waals surface area contributed by atoms with Crippen LogP contribution in [-0.4, -0.2) is 92.6 Å². The van der Waals surface area contributed by atoms with E-state index >= 15 is 0 Å². The first-order valence-corrected chi connectivity index (χ1v) is 11.9. The summed E-state index contributed by atoms with van der Waals surface area (Å²) >= 11 is 0. The number of hydrogen-bond acceptors (Lipinski definition) is 5. The molecule has 0 radical (unpaired) electrons. The molecule has 1 unspecified atom stereocenters. The van der Waals surface area contributed by atoms with E-state index in [2.05, 4.69) is 65.1 Å². The first kappa shape index (κ1) is 24.7. The average molecular weight is 445 g/mol. The molecule has 2 heterocycles. The smallest absolute Gasteiger partial charge is 0.237 e. The highest BCUT2D eigenvalue weighted by Crippen LogP contribution is 2.33. The minimum Gasteiger partial charge on any atom is -0.383 e. The van der Waals surface area contributed by atoms with Gasteiger partial charge in [-0.15, -0.1) is 0 Å². The van der Waals surface area contributed by atoms with Gasteiger partial charge in [-0.1, -0.05) is 45.0 Å². The fourth-order valence-electron chi connectivity index (χ4n) is 4.56. The normalized spacial score (nSPS) is 20.5. The number of amides is 2. The number of hydrogen-bond donors (Lipinski definition) is 1. The van der Waals surface area contributed by atoms with E-state index in [0.717, 1.165) is 45.6 Å². The second kappa shape index (κ2) is 11.3. The van der Waals surface area contributed by atoms with E-state index in [0.29, 0.717) is 26.2 Å². The van der Waals surface area contributed by atoms with Crippen LogP contribution in [0.3, 0.4) is 0 Å². The van der Waals surface area contributed by atoms with Gasteiger partial charge in [0.1, 0.15) is 0 Å². The van der Waals surface area contributed by atoms with Crippen LogP contribution in [0.15, 0.2) is 24.3 Å². The highest BCUT2D eigenvalue weighted by Gasteiger charge is 2.31. The second-order valence-corrected chi connectivity index (χ2v) is 10.0. The quantitative estimate of drug-likeness (QED) is 0.622. The van der Waals surface area contributed by atoms with E-state index < -0.39 is 0 Å². The molecule has 1 aromatic rings. The summed E-state index contributed by atoms with van der Waals surface area (Å²) in [6.45, 7) is 12.7. The van der Waals surface area contributed by atoms with Crippen molar-refractivity contribution < 1.29 is 14.3 Å². The maximum Gasteiger partial charge on any atom is 0.237 e. The van der Waals surface area contributed by atoms with E-state index in [9.17, 15) is 9.59 Å². The zero-order valence-corrected chi connectivity index (χ0v) is 20.2. The molecule has 0 spiro atoms. The predicted molar refractivity (Wildman–Crippen MR) is 127 cm³/mol. The van der Waals surface area contributed by atoms with Gasteiger partial charge in [-0.2, -0.15) is 0 Å². The van der Waals surface area contributed by atoms with Crippen LogP contribution in [0, 0.1) is 0 Å². The maximum atomic E-state index is 13.1. The Balaban J connectivity index is 1.47. The SMILES string of the molecule is COCCNC(=O)CN1CCN(CC(=O)N2CCCC2c2ccc(C(C)(C)C)cc2)CC1. The number of carbonyl (C=O) groups excluding carboxylic acids is 2. The minimum absolute atomic E-state index is 0.0314. The van der Waals surface area contributed by atoms with Crippen molar-refractivity contribution in [2.45, 2.75) is 45.1 Å². The Kier molecular flexibility index (Phi) is 8.68. The van der Waals surface area contributed by atoms with E-state index in [1.54, 1.807) is 7.11 Å². The standard InChI is InChI=1S/C25H40N4O3/c1-25(2,3)21-9-7-20(8-10-21)22-6-5-12-29(22)24(31)19-28-15-13-27(14-16-28)18-23(30)26-11-17-32-4/h7-10,22H,5-6,11-19H2,1-4H3,(H,26,30). The molecule has 2 saturated heterocycles. The molecule has 7 nitrogen and oxygen atoms in total. The Morgan fingerprint density at radius 2 is 1.62 bits per heavy atom. The predicted octanol–water partition coefficient (Wildman–Crippen LogP) is 2.03. The number of nitrogens with zero attached hydrogens (tertiary/aromatic N) is 3. The highest BCUT2D eigenvalue weighted by molar-refractivity contribution is 5.79. The third-order valence-corrected chi connectivity index (χ3v) is 6.55. The lowest BCUT2D eigenvalue weighted by Gasteiger charge is -2.35. The van der Waals surface area contributed by atoms with Crippen LogP contribution >= 0.6 is 0 Å². The zero-order valence-electron chi connectivity index (χ0n) is 20.2. The monoisotopic (exact) mass is 444 g/mol. The van der Waals surface area contributed by atoms with Gasteiger partial charge in [-0.25, -0.2) is 0 Å². The molecule has 2 aliphatic rings. The molecule has 0 saturated carbocycles. The average Bonchev–Trinajstić information content (AvgIpc) is 3.25. The molecule has 2 fully saturated rings. The van der Waals surface area contributed by atoms with Crippen LogP contribution in [0.25, 0.3) is 0 Å². The van der Waals surface area contributed by atoms with Crippen LogP contribution in [0.4, 0.5) is 0 Å². The molecule has 1 aromatic carbocycles. The van der Waals surface area contributed by atoms with E-state index in [4.69, 9.17) is 4.74 Å². The first-order chi connectivity index (χ1) is 15.3. The number of rotatable bonds is 8. The van der Waals surface area contributed by atoms with Crippen molar-refractivity contribution in [1.82, 2.24) is 20.0 Å². The van der Waals surface area contributed by atoms with Crippen molar-refractivity contribution >= 4 is 11.8 Å². The molecule has 2 amide bonds. The van der Waals surface area contributed by atoms with Crippen molar-refractivity contribution in [2.75, 3.05) is 66.1 Å². The molecule has 32 heavy (non-hydrogen) atoms. The summed E-state index contributed by atoms with van der Waals surface area (Å²) < 4.78 is 4.96. The molecule has 0 aliphatic carbocycles. The second-order valence-electron chi connectivity index (χ2n) is 10.0. The number of likely N-dealkylation sites (tertiary alicyclic amines) is 1. The van der Waals surface area contributed by atoms with Crippen LogP contribution in [-0.2, 0) is 19.7 Å². The third kappa shape index (κ3) is 6.77. The van der Waals surface area contributed by atoms with Crippen molar-refractivity contribution in [1.29, 1.82) is 0 Å². The van der Waals surface area contributed by atoms with Gasteiger partial charge in [0.15, 0.2) is 0 Å². The van der Waals surface area contributed by atoms with Gasteiger partial charge in [0.2, 0.25) is 11.8 Å². The molecule has 1 atom stereocenters. The lowest BCUT2D eigenvalue weighted by molar-refractivity contribution is -0.134.